The SMILES string of the molecule is CCCCCCCCC(O)[C@@H]1O[C@H]([C@H](O)CNC(=O)c2ccccc2)C(O)C1O. The summed E-state index contributed by atoms with van der Waals surface area (Å²) in [5, 5.41) is 43.8. The monoisotopic (exact) mass is 409 g/mol. The molecule has 1 amide bonds. The van der Waals surface area contributed by atoms with Gasteiger partial charge in [0.15, 0.2) is 0 Å². The third-order valence-corrected chi connectivity index (χ3v) is 5.46. The lowest BCUT2D eigenvalue weighted by Gasteiger charge is -2.22. The molecule has 1 aromatic rings. The molecule has 7 nitrogen and oxygen atoms in total. The summed E-state index contributed by atoms with van der Waals surface area (Å²) >= 11 is 0. The highest BCUT2D eigenvalue weighted by Crippen LogP contribution is 2.28. The van der Waals surface area contributed by atoms with Crippen LogP contribution in [0.2, 0.25) is 0 Å². The summed E-state index contributed by atoms with van der Waals surface area (Å²) in [5.74, 6) is -0.350. The molecule has 0 bridgehead atoms. The van der Waals surface area contributed by atoms with Crippen LogP contribution in [0, 0.1) is 0 Å². The van der Waals surface area contributed by atoms with Crippen molar-refractivity contribution in [1.29, 1.82) is 0 Å². The number of carbonyl (C=O) groups is 1. The first-order valence-corrected chi connectivity index (χ1v) is 10.7. The molecule has 1 fully saturated rings. The lowest BCUT2D eigenvalue weighted by atomic mass is 9.98. The van der Waals surface area contributed by atoms with Crippen molar-refractivity contribution in [3.05, 3.63) is 35.9 Å². The summed E-state index contributed by atoms with van der Waals surface area (Å²) in [6.07, 6.45) is 0.185. The van der Waals surface area contributed by atoms with Gasteiger partial charge < -0.3 is 30.5 Å². The Kier molecular flexibility index (Phi) is 10.0. The predicted octanol–water partition coefficient (Wildman–Crippen LogP) is 1.38. The van der Waals surface area contributed by atoms with E-state index in [1.54, 1.807) is 30.3 Å². The zero-order valence-corrected chi connectivity index (χ0v) is 17.1. The second kappa shape index (κ2) is 12.2. The molecule has 0 spiro atoms. The molecule has 5 N–H and O–H groups in total. The van der Waals surface area contributed by atoms with Crippen molar-refractivity contribution in [1.82, 2.24) is 5.32 Å². The van der Waals surface area contributed by atoms with Gasteiger partial charge in [-0.05, 0) is 18.6 Å². The zero-order chi connectivity index (χ0) is 21.2. The fourth-order valence-corrected chi connectivity index (χ4v) is 3.67. The van der Waals surface area contributed by atoms with Gasteiger partial charge >= 0.3 is 0 Å². The number of rotatable bonds is 12. The number of carbonyl (C=O) groups excluding carboxylic acids is 1. The van der Waals surface area contributed by atoms with Crippen LogP contribution >= 0.6 is 0 Å². The van der Waals surface area contributed by atoms with E-state index in [0.717, 1.165) is 19.3 Å². The Hall–Kier alpha value is -1.51. The van der Waals surface area contributed by atoms with Gasteiger partial charge in [0.1, 0.15) is 30.5 Å². The minimum atomic E-state index is -1.33. The van der Waals surface area contributed by atoms with Crippen LogP contribution in [0.4, 0.5) is 0 Å². The smallest absolute Gasteiger partial charge is 0.251 e. The summed E-state index contributed by atoms with van der Waals surface area (Å²) < 4.78 is 5.59. The first-order valence-electron chi connectivity index (χ1n) is 10.7. The van der Waals surface area contributed by atoms with Crippen molar-refractivity contribution < 1.29 is 30.0 Å². The minimum Gasteiger partial charge on any atom is -0.390 e. The van der Waals surface area contributed by atoms with Crippen molar-refractivity contribution in [2.75, 3.05) is 6.54 Å². The third kappa shape index (κ3) is 7.04. The Morgan fingerprint density at radius 3 is 2.21 bits per heavy atom. The number of amides is 1. The standard InChI is InChI=1S/C22H35NO6/c1-2-3-4-5-6-10-13-16(24)20-18(26)19(27)21(29-20)17(25)14-23-22(28)15-11-8-7-9-12-15/h7-9,11-12,16-21,24-27H,2-6,10,13-14H2,1H3,(H,23,28)/t16?,17-,18?,19?,20+,21-/m1/s1. The van der Waals surface area contributed by atoms with Crippen molar-refractivity contribution in [3.63, 3.8) is 0 Å². The Labute approximate surface area is 172 Å². The molecule has 1 aliphatic rings. The van der Waals surface area contributed by atoms with E-state index in [9.17, 15) is 25.2 Å². The van der Waals surface area contributed by atoms with Gasteiger partial charge in [0, 0.05) is 12.1 Å². The molecule has 1 aliphatic heterocycles. The number of ether oxygens (including phenoxy) is 1. The lowest BCUT2D eigenvalue weighted by Crippen LogP contribution is -2.45. The van der Waals surface area contributed by atoms with Gasteiger partial charge in [-0.1, -0.05) is 63.6 Å². The number of aliphatic hydroxyl groups excluding tert-OH is 4. The fraction of sp³-hybridized carbons (Fsp3) is 0.682. The van der Waals surface area contributed by atoms with Gasteiger partial charge in [-0.3, -0.25) is 4.79 Å². The molecule has 1 saturated heterocycles. The van der Waals surface area contributed by atoms with Gasteiger partial charge in [0.05, 0.1) is 6.10 Å². The van der Waals surface area contributed by atoms with Gasteiger partial charge in [-0.2, -0.15) is 0 Å². The molecule has 0 aromatic heterocycles. The number of aliphatic hydroxyl groups is 4. The largest absolute Gasteiger partial charge is 0.390 e. The summed E-state index contributed by atoms with van der Waals surface area (Å²) in [4.78, 5) is 12.1. The molecule has 6 atom stereocenters. The van der Waals surface area contributed by atoms with Crippen molar-refractivity contribution in [3.8, 4) is 0 Å². The number of hydrogen-bond acceptors (Lipinski definition) is 6. The molecule has 0 radical (unpaired) electrons. The van der Waals surface area contributed by atoms with Crippen LogP contribution in [0.1, 0.15) is 62.2 Å². The first-order chi connectivity index (χ1) is 14.0. The van der Waals surface area contributed by atoms with Crippen molar-refractivity contribution in [2.24, 2.45) is 0 Å². The Morgan fingerprint density at radius 1 is 0.966 bits per heavy atom. The summed E-state index contributed by atoms with van der Waals surface area (Å²) in [6, 6.07) is 8.58. The molecule has 0 aliphatic carbocycles. The molecule has 7 heteroatoms. The van der Waals surface area contributed by atoms with E-state index in [0.29, 0.717) is 12.0 Å². The van der Waals surface area contributed by atoms with Gasteiger partial charge in [-0.25, -0.2) is 0 Å². The third-order valence-electron chi connectivity index (χ3n) is 5.46. The first kappa shape index (κ1) is 23.8. The quantitative estimate of drug-likeness (QED) is 0.333. The minimum absolute atomic E-state index is 0.136. The van der Waals surface area contributed by atoms with Crippen LogP contribution in [0.5, 0.6) is 0 Å². The lowest BCUT2D eigenvalue weighted by molar-refractivity contribution is -0.0966. The summed E-state index contributed by atoms with van der Waals surface area (Å²) in [7, 11) is 0. The van der Waals surface area contributed by atoms with Crippen LogP contribution < -0.4 is 5.32 Å². The molecule has 0 saturated carbocycles. The predicted molar refractivity (Wildman–Crippen MR) is 109 cm³/mol. The second-order valence-electron chi connectivity index (χ2n) is 7.81. The molecule has 2 rings (SSSR count). The molecule has 3 unspecified atom stereocenters. The average Bonchev–Trinajstić information content (AvgIpc) is 3.04. The van der Waals surface area contributed by atoms with Crippen molar-refractivity contribution in [2.45, 2.75) is 88.5 Å². The normalized spacial score (nSPS) is 26.2. The van der Waals surface area contributed by atoms with Crippen LogP contribution in [-0.4, -0.2) is 69.5 Å². The van der Waals surface area contributed by atoms with Crippen LogP contribution in [0.15, 0.2) is 30.3 Å². The number of unbranched alkanes of at least 4 members (excludes halogenated alkanes) is 5. The summed E-state index contributed by atoms with van der Waals surface area (Å²) in [5.41, 5.74) is 0.458. The average molecular weight is 410 g/mol. The molecule has 164 valence electrons. The maximum atomic E-state index is 12.1. The van der Waals surface area contributed by atoms with E-state index >= 15 is 0 Å². The highest BCUT2D eigenvalue weighted by Gasteiger charge is 2.48. The molecule has 29 heavy (non-hydrogen) atoms. The van der Waals surface area contributed by atoms with E-state index in [1.807, 2.05) is 0 Å². The van der Waals surface area contributed by atoms with Gasteiger partial charge in [0.25, 0.3) is 5.91 Å². The fourth-order valence-electron chi connectivity index (χ4n) is 3.67. The zero-order valence-electron chi connectivity index (χ0n) is 17.1. The molecule has 1 heterocycles. The van der Waals surface area contributed by atoms with E-state index in [2.05, 4.69) is 12.2 Å². The van der Waals surface area contributed by atoms with E-state index in [4.69, 9.17) is 4.74 Å². The van der Waals surface area contributed by atoms with Crippen molar-refractivity contribution >= 4 is 5.91 Å². The number of benzene rings is 1. The highest BCUT2D eigenvalue weighted by molar-refractivity contribution is 5.94. The maximum Gasteiger partial charge on any atom is 0.251 e. The van der Waals surface area contributed by atoms with Gasteiger partial charge in [0.2, 0.25) is 0 Å². The Morgan fingerprint density at radius 2 is 1.55 bits per heavy atom. The Balaban J connectivity index is 1.77. The van der Waals surface area contributed by atoms with E-state index in [-0.39, 0.29) is 12.5 Å². The molecular formula is C22H35NO6. The molecule has 1 aromatic carbocycles. The van der Waals surface area contributed by atoms with Gasteiger partial charge in [-0.15, -0.1) is 0 Å². The topological polar surface area (TPSA) is 119 Å². The van der Waals surface area contributed by atoms with Crippen LogP contribution in [0.25, 0.3) is 0 Å². The van der Waals surface area contributed by atoms with Crippen LogP contribution in [-0.2, 0) is 4.74 Å². The maximum absolute atomic E-state index is 12.1. The highest BCUT2D eigenvalue weighted by atomic mass is 16.6. The number of nitrogens with one attached hydrogen (secondary N) is 1. The number of hydrogen-bond donors (Lipinski definition) is 5. The Bertz CT molecular complexity index is 598. The van der Waals surface area contributed by atoms with E-state index < -0.39 is 36.6 Å². The molecular weight excluding hydrogens is 374 g/mol. The summed E-state index contributed by atoms with van der Waals surface area (Å²) in [6.45, 7) is 2.02. The van der Waals surface area contributed by atoms with E-state index in [1.165, 1.54) is 19.3 Å². The second-order valence-corrected chi connectivity index (χ2v) is 7.81. The van der Waals surface area contributed by atoms with Crippen LogP contribution in [0.3, 0.4) is 0 Å².